The number of halogens is 1. The summed E-state index contributed by atoms with van der Waals surface area (Å²) in [5.74, 6) is 0.532. The van der Waals surface area contributed by atoms with E-state index in [1.54, 1.807) is 12.1 Å². The minimum Gasteiger partial charge on any atom is -0.485 e. The highest BCUT2D eigenvalue weighted by Crippen LogP contribution is 2.41. The largest absolute Gasteiger partial charge is 0.485 e. The highest BCUT2D eigenvalue weighted by molar-refractivity contribution is 9.09. The first-order chi connectivity index (χ1) is 13.8. The van der Waals surface area contributed by atoms with Gasteiger partial charge in [-0.3, -0.25) is 0 Å². The van der Waals surface area contributed by atoms with Crippen molar-refractivity contribution in [3.8, 4) is 11.5 Å². The molecule has 8 heteroatoms. The van der Waals surface area contributed by atoms with E-state index in [1.165, 1.54) is 0 Å². The van der Waals surface area contributed by atoms with Crippen molar-refractivity contribution in [2.45, 2.75) is 51.6 Å². The molecule has 0 aliphatic carbocycles. The number of rotatable bonds is 9. The van der Waals surface area contributed by atoms with E-state index < -0.39 is 18.4 Å². The lowest BCUT2D eigenvalue weighted by Crippen LogP contribution is -2.42. The molecule has 0 saturated carbocycles. The summed E-state index contributed by atoms with van der Waals surface area (Å²) in [5, 5.41) is 0.639. The molecule has 166 valence electrons. The van der Waals surface area contributed by atoms with Crippen LogP contribution in [0.4, 0.5) is 0 Å². The molecular weight excluding hydrogens is 484 g/mol. The lowest BCUT2D eigenvalue weighted by molar-refractivity contribution is 0.208. The fourth-order valence-corrected chi connectivity index (χ4v) is 5.02. The average molecular weight is 516 g/mol. The Balaban J connectivity index is 2.33. The van der Waals surface area contributed by atoms with Crippen molar-refractivity contribution in [2.24, 2.45) is 0 Å². The highest BCUT2D eigenvalue weighted by Gasteiger charge is 2.39. The van der Waals surface area contributed by atoms with E-state index in [0.717, 1.165) is 17.4 Å². The Hall–Kier alpha value is -1.35. The third-order valence-electron chi connectivity index (χ3n) is 5.20. The third-order valence-corrected chi connectivity index (χ3v) is 10.8. The number of hydrogen-bond acceptors (Lipinski definition) is 5. The normalized spacial score (nSPS) is 13.7. The second-order valence-corrected chi connectivity index (χ2v) is 15.8. The summed E-state index contributed by atoms with van der Waals surface area (Å²) < 4.78 is 41.3. The zero-order chi connectivity index (χ0) is 22.6. The van der Waals surface area contributed by atoms with Crippen LogP contribution in [0.2, 0.25) is 18.1 Å². The number of hydrogen-bond donors (Lipinski definition) is 0. The molecule has 2 aromatic rings. The maximum atomic E-state index is 11.8. The van der Waals surface area contributed by atoms with Crippen LogP contribution in [0.5, 0.6) is 11.5 Å². The predicted molar refractivity (Wildman–Crippen MR) is 128 cm³/mol. The van der Waals surface area contributed by atoms with Gasteiger partial charge in [0, 0.05) is 5.33 Å². The van der Waals surface area contributed by atoms with Crippen molar-refractivity contribution in [2.75, 3.05) is 11.6 Å². The third kappa shape index (κ3) is 7.11. The van der Waals surface area contributed by atoms with Crippen LogP contribution in [-0.4, -0.2) is 28.3 Å². The molecule has 0 aromatic heterocycles. The van der Waals surface area contributed by atoms with Gasteiger partial charge in [-0.1, -0.05) is 73.1 Å². The van der Waals surface area contributed by atoms with E-state index in [0.29, 0.717) is 17.7 Å². The fraction of sp³-hybridized carbons (Fsp3) is 0.455. The van der Waals surface area contributed by atoms with Gasteiger partial charge in [0.15, 0.2) is 19.8 Å². The van der Waals surface area contributed by atoms with Gasteiger partial charge in [0.2, 0.25) is 0 Å². The zero-order valence-corrected chi connectivity index (χ0v) is 21.8. The molecule has 30 heavy (non-hydrogen) atoms. The first-order valence-corrected chi connectivity index (χ1v) is 15.6. The highest BCUT2D eigenvalue weighted by atomic mass is 79.9. The number of ether oxygens (including phenoxy) is 1. The van der Waals surface area contributed by atoms with Gasteiger partial charge in [-0.2, -0.15) is 8.42 Å². The molecule has 0 amide bonds. The Morgan fingerprint density at radius 1 is 1.03 bits per heavy atom. The SMILES string of the molecule is CC(C)(C)[Si](C)(C)O[C@@H](CBr)c1ccc(OCc2ccccc2)c(OS(C)(=O)=O)c1. The molecule has 1 atom stereocenters. The molecule has 0 bridgehead atoms. The quantitative estimate of drug-likeness (QED) is 0.231. The topological polar surface area (TPSA) is 61.8 Å². The Morgan fingerprint density at radius 3 is 2.20 bits per heavy atom. The van der Waals surface area contributed by atoms with Crippen molar-refractivity contribution < 1.29 is 21.8 Å². The standard InChI is InChI=1S/C22H31BrO5SSi/c1-22(2,3)30(5,6)28-21(15-23)18-12-13-19(20(14-18)27-29(4,24)25)26-16-17-10-8-7-9-11-17/h7-14,21H,15-16H2,1-6H3/t21-/m0/s1. The van der Waals surface area contributed by atoms with E-state index >= 15 is 0 Å². The van der Waals surface area contributed by atoms with E-state index in [9.17, 15) is 8.42 Å². The lowest BCUT2D eigenvalue weighted by Gasteiger charge is -2.39. The molecule has 0 aliphatic heterocycles. The Labute approximate surface area is 190 Å². The smallest absolute Gasteiger partial charge is 0.306 e. The Morgan fingerprint density at radius 2 is 1.67 bits per heavy atom. The molecule has 0 radical (unpaired) electrons. The van der Waals surface area contributed by atoms with Gasteiger partial charge in [-0.25, -0.2) is 0 Å². The van der Waals surface area contributed by atoms with Gasteiger partial charge in [0.1, 0.15) is 6.61 Å². The van der Waals surface area contributed by atoms with Gasteiger partial charge >= 0.3 is 10.1 Å². The summed E-state index contributed by atoms with van der Waals surface area (Å²) >= 11 is 3.54. The molecule has 2 rings (SSSR count). The maximum absolute atomic E-state index is 11.8. The van der Waals surface area contributed by atoms with Crippen molar-refractivity contribution in [3.63, 3.8) is 0 Å². The molecule has 2 aromatic carbocycles. The van der Waals surface area contributed by atoms with Crippen LogP contribution in [-0.2, 0) is 21.2 Å². The second-order valence-electron chi connectivity index (χ2n) is 8.79. The minimum atomic E-state index is -3.71. The zero-order valence-electron chi connectivity index (χ0n) is 18.4. The van der Waals surface area contributed by atoms with Crippen LogP contribution in [0.1, 0.15) is 38.0 Å². The summed E-state index contributed by atoms with van der Waals surface area (Å²) in [4.78, 5) is 0. The van der Waals surface area contributed by atoms with Crippen LogP contribution in [0.15, 0.2) is 48.5 Å². The molecule has 0 saturated heterocycles. The van der Waals surface area contributed by atoms with Crippen LogP contribution >= 0.6 is 15.9 Å². The summed E-state index contributed by atoms with van der Waals surface area (Å²) in [5.41, 5.74) is 1.81. The summed E-state index contributed by atoms with van der Waals surface area (Å²) in [6, 6.07) is 15.0. The predicted octanol–water partition coefficient (Wildman–Crippen LogP) is 6.06. The summed E-state index contributed by atoms with van der Waals surface area (Å²) in [6.45, 7) is 11.2. The van der Waals surface area contributed by atoms with Crippen LogP contribution in [0.3, 0.4) is 0 Å². The minimum absolute atomic E-state index is 0.0538. The number of alkyl halides is 1. The van der Waals surface area contributed by atoms with Gasteiger partial charge in [0.25, 0.3) is 0 Å². The molecule has 5 nitrogen and oxygen atoms in total. The van der Waals surface area contributed by atoms with Crippen molar-refractivity contribution in [3.05, 3.63) is 59.7 Å². The van der Waals surface area contributed by atoms with E-state index in [1.807, 2.05) is 36.4 Å². The monoisotopic (exact) mass is 514 g/mol. The molecule has 0 fully saturated rings. The van der Waals surface area contributed by atoms with Gasteiger partial charge in [-0.05, 0) is 41.4 Å². The van der Waals surface area contributed by atoms with Gasteiger partial charge < -0.3 is 13.3 Å². The fourth-order valence-electron chi connectivity index (χ4n) is 2.53. The Bertz CT molecular complexity index is 940. The molecule has 0 N–H and O–H groups in total. The molecule has 0 unspecified atom stereocenters. The Kier molecular flexibility index (Phi) is 8.18. The molecular formula is C22H31BrO5SSi. The van der Waals surface area contributed by atoms with Gasteiger partial charge in [0.05, 0.1) is 12.4 Å². The second kappa shape index (κ2) is 9.85. The van der Waals surface area contributed by atoms with Gasteiger partial charge in [-0.15, -0.1) is 0 Å². The lowest BCUT2D eigenvalue weighted by atomic mass is 10.1. The van der Waals surface area contributed by atoms with Crippen molar-refractivity contribution in [1.29, 1.82) is 0 Å². The van der Waals surface area contributed by atoms with E-state index in [4.69, 9.17) is 13.3 Å². The maximum Gasteiger partial charge on any atom is 0.306 e. The average Bonchev–Trinajstić information content (AvgIpc) is 2.63. The van der Waals surface area contributed by atoms with Crippen molar-refractivity contribution in [1.82, 2.24) is 0 Å². The first kappa shape index (κ1) is 24.9. The van der Waals surface area contributed by atoms with Crippen LogP contribution < -0.4 is 8.92 Å². The van der Waals surface area contributed by atoms with E-state index in [2.05, 4.69) is 49.8 Å². The van der Waals surface area contributed by atoms with Crippen molar-refractivity contribution >= 4 is 34.4 Å². The number of benzene rings is 2. The first-order valence-electron chi connectivity index (χ1n) is 9.76. The van der Waals surface area contributed by atoms with Crippen LogP contribution in [0.25, 0.3) is 0 Å². The van der Waals surface area contributed by atoms with E-state index in [-0.39, 0.29) is 16.9 Å². The molecule has 0 aliphatic rings. The van der Waals surface area contributed by atoms with Crippen LogP contribution in [0, 0.1) is 0 Å². The summed E-state index contributed by atoms with van der Waals surface area (Å²) in [7, 11) is -5.74. The molecule has 0 heterocycles. The summed E-state index contributed by atoms with van der Waals surface area (Å²) in [6.07, 6.45) is 0.797. The molecule has 0 spiro atoms.